The van der Waals surface area contributed by atoms with Crippen molar-refractivity contribution in [1.29, 1.82) is 5.26 Å². The fourth-order valence-electron chi connectivity index (χ4n) is 1.81. The molecule has 2 atom stereocenters. The van der Waals surface area contributed by atoms with Gasteiger partial charge in [-0.2, -0.15) is 18.4 Å². The lowest BCUT2D eigenvalue weighted by molar-refractivity contribution is -0.216. The number of nitrogens with one attached hydrogen (secondary N) is 2. The second kappa shape index (κ2) is 4.92. The number of amides is 1. The SMILES string of the molecule is CC(CC#N)NC(=O)C1(C(F)(F)F)CCNC1. The summed E-state index contributed by atoms with van der Waals surface area (Å²) in [5.41, 5.74) is -2.35. The molecule has 0 radical (unpaired) electrons. The van der Waals surface area contributed by atoms with Gasteiger partial charge in [0.15, 0.2) is 5.41 Å². The van der Waals surface area contributed by atoms with Crippen LogP contribution in [0.2, 0.25) is 0 Å². The van der Waals surface area contributed by atoms with Crippen molar-refractivity contribution >= 4 is 5.91 Å². The van der Waals surface area contributed by atoms with E-state index in [1.807, 2.05) is 0 Å². The van der Waals surface area contributed by atoms with E-state index in [1.165, 1.54) is 6.92 Å². The number of rotatable bonds is 3. The average molecular weight is 249 g/mol. The lowest BCUT2D eigenvalue weighted by Gasteiger charge is -2.30. The number of alkyl halides is 3. The maximum Gasteiger partial charge on any atom is 0.404 e. The first-order chi connectivity index (χ1) is 7.83. The predicted molar refractivity (Wildman–Crippen MR) is 53.8 cm³/mol. The third-order valence-corrected chi connectivity index (χ3v) is 2.91. The quantitative estimate of drug-likeness (QED) is 0.782. The summed E-state index contributed by atoms with van der Waals surface area (Å²) < 4.78 is 38.8. The van der Waals surface area contributed by atoms with Crippen molar-refractivity contribution in [3.63, 3.8) is 0 Å². The summed E-state index contributed by atoms with van der Waals surface area (Å²) in [5, 5.41) is 13.2. The highest BCUT2D eigenvalue weighted by Crippen LogP contribution is 2.43. The van der Waals surface area contributed by atoms with Gasteiger partial charge in [0.25, 0.3) is 0 Å². The summed E-state index contributed by atoms with van der Waals surface area (Å²) in [6.45, 7) is 1.27. The van der Waals surface area contributed by atoms with E-state index in [1.54, 1.807) is 6.07 Å². The molecule has 1 amide bonds. The Kier molecular flexibility index (Phi) is 3.98. The summed E-state index contributed by atoms with van der Waals surface area (Å²) >= 11 is 0. The lowest BCUT2D eigenvalue weighted by Crippen LogP contribution is -2.53. The Morgan fingerprint density at radius 1 is 1.65 bits per heavy atom. The molecule has 1 heterocycles. The molecular formula is C10H14F3N3O. The van der Waals surface area contributed by atoms with Crippen molar-refractivity contribution in [2.24, 2.45) is 5.41 Å². The molecule has 0 aromatic carbocycles. The molecule has 7 heteroatoms. The Hall–Kier alpha value is -1.29. The molecule has 0 aromatic rings. The van der Waals surface area contributed by atoms with Crippen molar-refractivity contribution in [1.82, 2.24) is 10.6 Å². The minimum Gasteiger partial charge on any atom is -0.352 e. The van der Waals surface area contributed by atoms with E-state index in [0.29, 0.717) is 0 Å². The van der Waals surface area contributed by atoms with Crippen LogP contribution in [0.5, 0.6) is 0 Å². The van der Waals surface area contributed by atoms with Crippen LogP contribution in [0.4, 0.5) is 13.2 Å². The van der Waals surface area contributed by atoms with Crippen molar-refractivity contribution in [3.05, 3.63) is 0 Å². The molecule has 0 aliphatic carbocycles. The largest absolute Gasteiger partial charge is 0.404 e. The van der Waals surface area contributed by atoms with Gasteiger partial charge in [0.1, 0.15) is 0 Å². The highest BCUT2D eigenvalue weighted by molar-refractivity contribution is 5.84. The third kappa shape index (κ3) is 2.69. The fraction of sp³-hybridized carbons (Fsp3) is 0.800. The van der Waals surface area contributed by atoms with Gasteiger partial charge in [-0.05, 0) is 19.9 Å². The van der Waals surface area contributed by atoms with Crippen LogP contribution in [-0.4, -0.2) is 31.2 Å². The van der Waals surface area contributed by atoms with Crippen LogP contribution in [0.25, 0.3) is 0 Å². The third-order valence-electron chi connectivity index (χ3n) is 2.91. The maximum absolute atomic E-state index is 12.9. The normalized spacial score (nSPS) is 26.3. The first kappa shape index (κ1) is 13.8. The molecule has 0 bridgehead atoms. The Morgan fingerprint density at radius 3 is 2.71 bits per heavy atom. The Morgan fingerprint density at radius 2 is 2.29 bits per heavy atom. The molecule has 1 aliphatic rings. The van der Waals surface area contributed by atoms with E-state index in [-0.39, 0.29) is 19.4 Å². The zero-order chi connectivity index (χ0) is 13.1. The standard InChI is InChI=1S/C10H14F3N3O/c1-7(2-4-14)16-8(17)9(10(11,12)13)3-5-15-6-9/h7,15H,2-3,5-6H2,1H3,(H,16,17). The van der Waals surface area contributed by atoms with Gasteiger partial charge in [0.2, 0.25) is 5.91 Å². The van der Waals surface area contributed by atoms with Crippen LogP contribution >= 0.6 is 0 Å². The van der Waals surface area contributed by atoms with E-state index in [4.69, 9.17) is 5.26 Å². The number of hydrogen-bond acceptors (Lipinski definition) is 3. The number of nitriles is 1. The van der Waals surface area contributed by atoms with Crippen LogP contribution in [0.3, 0.4) is 0 Å². The van der Waals surface area contributed by atoms with Crippen molar-refractivity contribution < 1.29 is 18.0 Å². The average Bonchev–Trinajstić information content (AvgIpc) is 2.66. The molecule has 17 heavy (non-hydrogen) atoms. The summed E-state index contributed by atoms with van der Waals surface area (Å²) in [5.74, 6) is -1.04. The smallest absolute Gasteiger partial charge is 0.352 e. The molecule has 0 spiro atoms. The van der Waals surface area contributed by atoms with E-state index in [9.17, 15) is 18.0 Å². The van der Waals surface area contributed by atoms with Crippen molar-refractivity contribution in [2.75, 3.05) is 13.1 Å². The summed E-state index contributed by atoms with van der Waals surface area (Å²) in [4.78, 5) is 11.7. The second-order valence-electron chi connectivity index (χ2n) is 4.24. The van der Waals surface area contributed by atoms with Gasteiger partial charge in [-0.1, -0.05) is 0 Å². The zero-order valence-electron chi connectivity index (χ0n) is 9.40. The molecule has 1 fully saturated rings. The number of hydrogen-bond donors (Lipinski definition) is 2. The molecule has 2 unspecified atom stereocenters. The summed E-state index contributed by atoms with van der Waals surface area (Å²) in [7, 11) is 0. The monoisotopic (exact) mass is 249 g/mol. The highest BCUT2D eigenvalue weighted by atomic mass is 19.4. The van der Waals surface area contributed by atoms with Crippen LogP contribution in [0, 0.1) is 16.7 Å². The highest BCUT2D eigenvalue weighted by Gasteiger charge is 2.61. The van der Waals surface area contributed by atoms with Gasteiger partial charge in [-0.15, -0.1) is 0 Å². The van der Waals surface area contributed by atoms with Crippen molar-refractivity contribution in [2.45, 2.75) is 32.0 Å². The van der Waals surface area contributed by atoms with Gasteiger partial charge in [0.05, 0.1) is 12.5 Å². The number of carbonyl (C=O) groups excluding carboxylic acids is 1. The molecule has 0 saturated carbocycles. The minimum absolute atomic E-state index is 0.00684. The van der Waals surface area contributed by atoms with Crippen molar-refractivity contribution in [3.8, 4) is 6.07 Å². The Labute approximate surface area is 97.2 Å². The second-order valence-corrected chi connectivity index (χ2v) is 4.24. The molecule has 1 rings (SSSR count). The van der Waals surface area contributed by atoms with Gasteiger partial charge >= 0.3 is 6.18 Å². The minimum atomic E-state index is -4.58. The van der Waals surface area contributed by atoms with Gasteiger partial charge < -0.3 is 10.6 Å². The maximum atomic E-state index is 12.9. The topological polar surface area (TPSA) is 64.9 Å². The van der Waals surface area contributed by atoms with Gasteiger partial charge in [-0.25, -0.2) is 0 Å². The zero-order valence-corrected chi connectivity index (χ0v) is 9.40. The first-order valence-corrected chi connectivity index (χ1v) is 5.29. The van der Waals surface area contributed by atoms with E-state index >= 15 is 0 Å². The summed E-state index contributed by atoms with van der Waals surface area (Å²) in [6, 6.07) is 1.23. The Bertz CT molecular complexity index is 329. The number of halogens is 3. The first-order valence-electron chi connectivity index (χ1n) is 5.29. The number of carbonyl (C=O) groups is 1. The van der Waals surface area contributed by atoms with Crippen LogP contribution in [0.15, 0.2) is 0 Å². The molecule has 1 saturated heterocycles. The van der Waals surface area contributed by atoms with E-state index in [0.717, 1.165) is 0 Å². The van der Waals surface area contributed by atoms with Crippen LogP contribution < -0.4 is 10.6 Å². The molecular weight excluding hydrogens is 235 g/mol. The predicted octanol–water partition coefficient (Wildman–Crippen LogP) is 0.947. The van der Waals surface area contributed by atoms with E-state index in [2.05, 4.69) is 10.6 Å². The lowest BCUT2D eigenvalue weighted by atomic mass is 9.85. The van der Waals surface area contributed by atoms with Gasteiger partial charge in [-0.3, -0.25) is 4.79 Å². The molecule has 2 N–H and O–H groups in total. The Balaban J connectivity index is 2.80. The van der Waals surface area contributed by atoms with E-state index < -0.39 is 30.1 Å². The molecule has 0 aromatic heterocycles. The molecule has 96 valence electrons. The van der Waals surface area contributed by atoms with Crippen LogP contribution in [0.1, 0.15) is 19.8 Å². The van der Waals surface area contributed by atoms with Gasteiger partial charge in [0, 0.05) is 12.6 Å². The van der Waals surface area contributed by atoms with Crippen LogP contribution in [-0.2, 0) is 4.79 Å². The molecule has 4 nitrogen and oxygen atoms in total. The fourth-order valence-corrected chi connectivity index (χ4v) is 1.81. The molecule has 1 aliphatic heterocycles. The summed E-state index contributed by atoms with van der Waals surface area (Å²) in [6.07, 6.45) is -4.85. The number of nitrogens with zero attached hydrogens (tertiary/aromatic N) is 1.